The summed E-state index contributed by atoms with van der Waals surface area (Å²) in [5.74, 6) is -0.484. The minimum atomic E-state index is -0.357. The number of rotatable bonds is 0. The molecule has 0 unspecified atom stereocenters. The van der Waals surface area contributed by atoms with E-state index in [-0.39, 0.29) is 11.7 Å². The predicted molar refractivity (Wildman–Crippen MR) is 52.9 cm³/mol. The third-order valence-corrected chi connectivity index (χ3v) is 2.29. The molecule has 0 atom stereocenters. The fourth-order valence-electron chi connectivity index (χ4n) is 1.66. The van der Waals surface area contributed by atoms with Crippen molar-refractivity contribution in [2.45, 2.75) is 6.92 Å². The quantitative estimate of drug-likeness (QED) is 0.680. The molecule has 0 aromatic heterocycles. The largest absolute Gasteiger partial charge is 0.381 e. The Bertz CT molecular complexity index is 378. The molecule has 1 aromatic carbocycles. The monoisotopic (exact) mass is 194 g/mol. The maximum atomic E-state index is 13.4. The summed E-state index contributed by atoms with van der Waals surface area (Å²) in [6.07, 6.45) is 0. The summed E-state index contributed by atoms with van der Waals surface area (Å²) in [6, 6.07) is 4.76. The second-order valence-corrected chi connectivity index (χ2v) is 3.23. The van der Waals surface area contributed by atoms with Gasteiger partial charge in [-0.25, -0.2) is 4.39 Å². The number of nitrogens with zero attached hydrogens (tertiary/aromatic N) is 1. The number of para-hydroxylation sites is 1. The van der Waals surface area contributed by atoms with E-state index in [1.165, 1.54) is 17.9 Å². The van der Waals surface area contributed by atoms with Crippen molar-refractivity contribution >= 4 is 17.3 Å². The van der Waals surface area contributed by atoms with Crippen LogP contribution < -0.4 is 10.2 Å². The topological polar surface area (TPSA) is 32.3 Å². The second-order valence-electron chi connectivity index (χ2n) is 3.23. The Labute approximate surface area is 81.5 Å². The van der Waals surface area contributed by atoms with Crippen LogP contribution in [0.3, 0.4) is 0 Å². The number of amides is 1. The summed E-state index contributed by atoms with van der Waals surface area (Å²) < 4.78 is 13.4. The van der Waals surface area contributed by atoms with Crippen molar-refractivity contribution in [2.75, 3.05) is 23.3 Å². The molecule has 2 rings (SSSR count). The van der Waals surface area contributed by atoms with Gasteiger partial charge >= 0.3 is 0 Å². The van der Waals surface area contributed by atoms with Gasteiger partial charge in [0.15, 0.2) is 0 Å². The molecule has 1 amide bonds. The summed E-state index contributed by atoms with van der Waals surface area (Å²) in [4.78, 5) is 12.7. The van der Waals surface area contributed by atoms with Gasteiger partial charge in [-0.15, -0.1) is 0 Å². The zero-order chi connectivity index (χ0) is 10.1. The first-order valence-corrected chi connectivity index (χ1v) is 4.50. The van der Waals surface area contributed by atoms with Crippen LogP contribution in [-0.4, -0.2) is 19.0 Å². The van der Waals surface area contributed by atoms with E-state index in [0.717, 1.165) is 0 Å². The highest BCUT2D eigenvalue weighted by Crippen LogP contribution is 2.31. The van der Waals surface area contributed by atoms with E-state index >= 15 is 0 Å². The summed E-state index contributed by atoms with van der Waals surface area (Å²) in [6.45, 7) is 2.63. The van der Waals surface area contributed by atoms with Crippen molar-refractivity contribution in [2.24, 2.45) is 0 Å². The zero-order valence-electron chi connectivity index (χ0n) is 7.88. The third kappa shape index (κ3) is 1.32. The number of hydrogen-bond acceptors (Lipinski definition) is 2. The van der Waals surface area contributed by atoms with E-state index in [1.807, 2.05) is 0 Å². The van der Waals surface area contributed by atoms with Crippen LogP contribution in [0.1, 0.15) is 6.92 Å². The van der Waals surface area contributed by atoms with E-state index in [0.29, 0.717) is 24.5 Å². The molecule has 0 radical (unpaired) electrons. The van der Waals surface area contributed by atoms with Gasteiger partial charge in [-0.2, -0.15) is 0 Å². The maximum Gasteiger partial charge on any atom is 0.224 e. The fourth-order valence-corrected chi connectivity index (χ4v) is 1.66. The average Bonchev–Trinajstić information content (AvgIpc) is 2.17. The second kappa shape index (κ2) is 3.29. The van der Waals surface area contributed by atoms with E-state index in [4.69, 9.17) is 0 Å². The first-order valence-electron chi connectivity index (χ1n) is 4.50. The summed E-state index contributed by atoms with van der Waals surface area (Å²) in [5.41, 5.74) is 1.05. The van der Waals surface area contributed by atoms with E-state index in [2.05, 4.69) is 5.32 Å². The summed E-state index contributed by atoms with van der Waals surface area (Å²) in [7, 11) is 0. The molecule has 0 bridgehead atoms. The smallest absolute Gasteiger partial charge is 0.224 e. The first-order chi connectivity index (χ1) is 6.70. The molecule has 0 spiro atoms. The molecule has 0 saturated heterocycles. The highest BCUT2D eigenvalue weighted by atomic mass is 19.1. The molecule has 74 valence electrons. The molecule has 0 fully saturated rings. The molecule has 14 heavy (non-hydrogen) atoms. The van der Waals surface area contributed by atoms with Gasteiger partial charge in [0, 0.05) is 20.0 Å². The van der Waals surface area contributed by atoms with Gasteiger partial charge in [0.2, 0.25) is 5.91 Å². The normalized spacial score (nSPS) is 14.6. The van der Waals surface area contributed by atoms with Crippen molar-refractivity contribution in [3.05, 3.63) is 24.0 Å². The molecule has 1 aliphatic rings. The molecule has 1 aliphatic heterocycles. The summed E-state index contributed by atoms with van der Waals surface area (Å²) in [5, 5.41) is 3.05. The number of fused-ring (bicyclic) bond motifs is 1. The lowest BCUT2D eigenvalue weighted by Crippen LogP contribution is -2.38. The highest BCUT2D eigenvalue weighted by molar-refractivity contribution is 5.96. The van der Waals surface area contributed by atoms with Crippen LogP contribution >= 0.6 is 0 Å². The van der Waals surface area contributed by atoms with Gasteiger partial charge in [-0.3, -0.25) is 4.79 Å². The molecule has 1 aromatic rings. The number of hydrogen-bond donors (Lipinski definition) is 1. The average molecular weight is 194 g/mol. The lowest BCUT2D eigenvalue weighted by Gasteiger charge is -2.29. The van der Waals surface area contributed by atoms with Crippen LogP contribution in [0.25, 0.3) is 0 Å². The molecular weight excluding hydrogens is 183 g/mol. The lowest BCUT2D eigenvalue weighted by atomic mass is 10.2. The molecule has 4 heteroatoms. The van der Waals surface area contributed by atoms with Crippen molar-refractivity contribution in [3.63, 3.8) is 0 Å². The number of halogens is 1. The van der Waals surface area contributed by atoms with Crippen molar-refractivity contribution in [1.29, 1.82) is 0 Å². The van der Waals surface area contributed by atoms with Crippen LogP contribution in [0.4, 0.5) is 15.8 Å². The van der Waals surface area contributed by atoms with Crippen LogP contribution in [-0.2, 0) is 4.79 Å². The fraction of sp³-hybridized carbons (Fsp3) is 0.300. The standard InChI is InChI=1S/C10H11FN2O/c1-7(14)13-6-5-12-9-4-2-3-8(11)10(9)13/h2-4,12H,5-6H2,1H3. The van der Waals surface area contributed by atoms with E-state index in [9.17, 15) is 9.18 Å². The number of carbonyl (C=O) groups is 1. The van der Waals surface area contributed by atoms with Crippen LogP contribution in [0, 0.1) is 5.82 Å². The molecule has 0 saturated carbocycles. The SMILES string of the molecule is CC(=O)N1CCNc2cccc(F)c21. The van der Waals surface area contributed by atoms with E-state index in [1.54, 1.807) is 12.1 Å². The lowest BCUT2D eigenvalue weighted by molar-refractivity contribution is -0.116. The third-order valence-electron chi connectivity index (χ3n) is 2.29. The van der Waals surface area contributed by atoms with Gasteiger partial charge in [0.25, 0.3) is 0 Å². The minimum Gasteiger partial charge on any atom is -0.381 e. The van der Waals surface area contributed by atoms with Crippen molar-refractivity contribution in [3.8, 4) is 0 Å². The Balaban J connectivity index is 2.52. The molecular formula is C10H11FN2O. The number of carbonyl (C=O) groups excluding carboxylic acids is 1. The van der Waals surface area contributed by atoms with Crippen molar-refractivity contribution < 1.29 is 9.18 Å². The van der Waals surface area contributed by atoms with Crippen LogP contribution in [0.2, 0.25) is 0 Å². The Morgan fingerprint density at radius 3 is 3.07 bits per heavy atom. The minimum absolute atomic E-state index is 0.127. The van der Waals surface area contributed by atoms with E-state index < -0.39 is 0 Å². The van der Waals surface area contributed by atoms with Gasteiger partial charge in [0.1, 0.15) is 11.5 Å². The van der Waals surface area contributed by atoms with Gasteiger partial charge in [0.05, 0.1) is 5.69 Å². The molecule has 1 heterocycles. The molecule has 0 aliphatic carbocycles. The number of benzene rings is 1. The highest BCUT2D eigenvalue weighted by Gasteiger charge is 2.22. The zero-order valence-corrected chi connectivity index (χ0v) is 7.88. The predicted octanol–water partition coefficient (Wildman–Crippen LogP) is 1.60. The maximum absolute atomic E-state index is 13.4. The Morgan fingerprint density at radius 1 is 1.57 bits per heavy atom. The number of nitrogens with one attached hydrogen (secondary N) is 1. The van der Waals surface area contributed by atoms with Gasteiger partial charge in [-0.05, 0) is 12.1 Å². The first kappa shape index (κ1) is 8.99. The Kier molecular flexibility index (Phi) is 2.11. The Hall–Kier alpha value is -1.58. The molecule has 1 N–H and O–H groups in total. The number of anilines is 2. The van der Waals surface area contributed by atoms with Crippen molar-refractivity contribution in [1.82, 2.24) is 0 Å². The van der Waals surface area contributed by atoms with Crippen LogP contribution in [0.5, 0.6) is 0 Å². The van der Waals surface area contributed by atoms with Crippen LogP contribution in [0.15, 0.2) is 18.2 Å². The Morgan fingerprint density at radius 2 is 2.36 bits per heavy atom. The summed E-state index contributed by atoms with van der Waals surface area (Å²) >= 11 is 0. The molecule has 3 nitrogen and oxygen atoms in total. The van der Waals surface area contributed by atoms with Gasteiger partial charge < -0.3 is 10.2 Å². The van der Waals surface area contributed by atoms with Gasteiger partial charge in [-0.1, -0.05) is 6.07 Å².